The summed E-state index contributed by atoms with van der Waals surface area (Å²) in [6.45, 7) is 7.31. The molecule has 2 unspecified atom stereocenters. The summed E-state index contributed by atoms with van der Waals surface area (Å²) in [5, 5.41) is 3.46. The largest absolute Gasteiger partial charge is 0.341 e. The van der Waals surface area contributed by atoms with Crippen LogP contribution in [0.1, 0.15) is 44.0 Å². The van der Waals surface area contributed by atoms with Crippen molar-refractivity contribution in [1.82, 2.24) is 10.2 Å². The SMILES string of the molecule is CC(C)C(NC(=O)c1ccc(Cl)cc1)C(=O)N1CCC(C(C)N)CC1. The molecule has 1 saturated heterocycles. The minimum Gasteiger partial charge on any atom is -0.341 e. The zero-order valence-electron chi connectivity index (χ0n) is 15.2. The molecule has 1 aromatic rings. The van der Waals surface area contributed by atoms with Crippen LogP contribution >= 0.6 is 11.6 Å². The zero-order chi connectivity index (χ0) is 18.6. The number of benzene rings is 1. The van der Waals surface area contributed by atoms with Crippen LogP contribution in [0.3, 0.4) is 0 Å². The van der Waals surface area contributed by atoms with Crippen LogP contribution in [0.25, 0.3) is 0 Å². The van der Waals surface area contributed by atoms with E-state index in [-0.39, 0.29) is 23.8 Å². The van der Waals surface area contributed by atoms with Crippen molar-refractivity contribution in [3.63, 3.8) is 0 Å². The summed E-state index contributed by atoms with van der Waals surface area (Å²) >= 11 is 5.86. The second-order valence-electron chi connectivity index (χ2n) is 7.22. The number of halogens is 1. The van der Waals surface area contributed by atoms with Gasteiger partial charge in [0.2, 0.25) is 5.91 Å². The summed E-state index contributed by atoms with van der Waals surface area (Å²) < 4.78 is 0. The van der Waals surface area contributed by atoms with Crippen LogP contribution < -0.4 is 11.1 Å². The molecule has 138 valence electrons. The van der Waals surface area contributed by atoms with Gasteiger partial charge in [-0.25, -0.2) is 0 Å². The number of nitrogens with one attached hydrogen (secondary N) is 1. The maximum Gasteiger partial charge on any atom is 0.251 e. The lowest BCUT2D eigenvalue weighted by molar-refractivity contribution is -0.135. The van der Waals surface area contributed by atoms with Crippen LogP contribution in [0.5, 0.6) is 0 Å². The highest BCUT2D eigenvalue weighted by molar-refractivity contribution is 6.30. The molecule has 1 aliphatic heterocycles. The molecule has 0 aromatic heterocycles. The lowest BCUT2D eigenvalue weighted by atomic mass is 9.90. The van der Waals surface area contributed by atoms with Gasteiger partial charge < -0.3 is 16.0 Å². The minimum atomic E-state index is -0.532. The zero-order valence-corrected chi connectivity index (χ0v) is 15.9. The van der Waals surface area contributed by atoms with Gasteiger partial charge in [0.25, 0.3) is 5.91 Å². The minimum absolute atomic E-state index is 0.00917. The molecular formula is C19H28ClN3O2. The molecule has 6 heteroatoms. The third-order valence-corrected chi connectivity index (χ3v) is 5.17. The number of piperidine rings is 1. The van der Waals surface area contributed by atoms with Gasteiger partial charge in [0, 0.05) is 29.7 Å². The Hall–Kier alpha value is -1.59. The molecular weight excluding hydrogens is 338 g/mol. The van der Waals surface area contributed by atoms with E-state index in [1.165, 1.54) is 0 Å². The van der Waals surface area contributed by atoms with Crippen LogP contribution in [-0.4, -0.2) is 41.9 Å². The van der Waals surface area contributed by atoms with Crippen LogP contribution in [0.2, 0.25) is 5.02 Å². The van der Waals surface area contributed by atoms with Crippen LogP contribution in [0, 0.1) is 11.8 Å². The molecule has 1 heterocycles. The summed E-state index contributed by atoms with van der Waals surface area (Å²) in [5.41, 5.74) is 6.47. The van der Waals surface area contributed by atoms with Gasteiger partial charge in [-0.3, -0.25) is 9.59 Å². The number of carbonyl (C=O) groups excluding carboxylic acids is 2. The first-order valence-corrected chi connectivity index (χ1v) is 9.28. The number of nitrogens with zero attached hydrogens (tertiary/aromatic N) is 1. The highest BCUT2D eigenvalue weighted by Gasteiger charge is 2.32. The lowest BCUT2D eigenvalue weighted by Gasteiger charge is -2.36. The van der Waals surface area contributed by atoms with Gasteiger partial charge in [0.15, 0.2) is 0 Å². The Kier molecular flexibility index (Phi) is 6.85. The molecule has 0 radical (unpaired) electrons. The summed E-state index contributed by atoms with van der Waals surface area (Å²) in [4.78, 5) is 27.2. The molecule has 1 aromatic carbocycles. The van der Waals surface area contributed by atoms with E-state index in [2.05, 4.69) is 5.32 Å². The van der Waals surface area contributed by atoms with Crippen LogP contribution in [-0.2, 0) is 4.79 Å². The van der Waals surface area contributed by atoms with Crippen molar-refractivity contribution in [3.05, 3.63) is 34.9 Å². The van der Waals surface area contributed by atoms with Crippen molar-refractivity contribution in [2.45, 2.75) is 45.7 Å². The van der Waals surface area contributed by atoms with Gasteiger partial charge in [0.05, 0.1) is 0 Å². The summed E-state index contributed by atoms with van der Waals surface area (Å²) in [7, 11) is 0. The van der Waals surface area contributed by atoms with E-state index in [0.29, 0.717) is 29.6 Å². The Morgan fingerprint density at radius 3 is 2.20 bits per heavy atom. The first-order chi connectivity index (χ1) is 11.8. The van der Waals surface area contributed by atoms with E-state index in [4.69, 9.17) is 17.3 Å². The van der Waals surface area contributed by atoms with E-state index in [0.717, 1.165) is 12.8 Å². The number of carbonyl (C=O) groups is 2. The van der Waals surface area contributed by atoms with E-state index >= 15 is 0 Å². The third-order valence-electron chi connectivity index (χ3n) is 4.92. The van der Waals surface area contributed by atoms with Crippen molar-refractivity contribution in [3.8, 4) is 0 Å². The Morgan fingerprint density at radius 2 is 1.72 bits per heavy atom. The van der Waals surface area contributed by atoms with Gasteiger partial charge in [0.1, 0.15) is 6.04 Å². The fourth-order valence-corrected chi connectivity index (χ4v) is 3.31. The van der Waals surface area contributed by atoms with E-state index in [1.807, 2.05) is 25.7 Å². The average molecular weight is 366 g/mol. The monoisotopic (exact) mass is 365 g/mol. The standard InChI is InChI=1S/C19H28ClN3O2/c1-12(2)17(22-18(24)15-4-6-16(20)7-5-15)19(25)23-10-8-14(9-11-23)13(3)21/h4-7,12-14,17H,8-11,21H2,1-3H3,(H,22,24). The molecule has 3 N–H and O–H groups in total. The van der Waals surface area contributed by atoms with Crippen LogP contribution in [0.15, 0.2) is 24.3 Å². The van der Waals surface area contributed by atoms with Gasteiger partial charge in [-0.2, -0.15) is 0 Å². The highest BCUT2D eigenvalue weighted by Crippen LogP contribution is 2.21. The quantitative estimate of drug-likeness (QED) is 0.842. The van der Waals surface area contributed by atoms with E-state index in [1.54, 1.807) is 24.3 Å². The Bertz CT molecular complexity index is 593. The average Bonchev–Trinajstić information content (AvgIpc) is 2.59. The number of nitrogens with two attached hydrogens (primary N) is 1. The molecule has 0 saturated carbocycles. The fraction of sp³-hybridized carbons (Fsp3) is 0.579. The van der Waals surface area contributed by atoms with Gasteiger partial charge in [-0.1, -0.05) is 25.4 Å². The number of rotatable bonds is 5. The van der Waals surface area contributed by atoms with Crippen molar-refractivity contribution in [1.29, 1.82) is 0 Å². The molecule has 2 rings (SSSR count). The maximum absolute atomic E-state index is 12.9. The topological polar surface area (TPSA) is 75.4 Å². The smallest absolute Gasteiger partial charge is 0.251 e. The lowest BCUT2D eigenvalue weighted by Crippen LogP contribution is -2.53. The molecule has 1 fully saturated rings. The predicted octanol–water partition coefficient (Wildman–Crippen LogP) is 2.68. The van der Waals surface area contributed by atoms with Gasteiger partial charge in [-0.05, 0) is 55.9 Å². The Labute approximate surface area is 154 Å². The summed E-state index contributed by atoms with van der Waals surface area (Å²) in [5.74, 6) is 0.203. The number of hydrogen-bond donors (Lipinski definition) is 2. The fourth-order valence-electron chi connectivity index (χ4n) is 3.18. The molecule has 0 bridgehead atoms. The maximum atomic E-state index is 12.9. The van der Waals surface area contributed by atoms with E-state index < -0.39 is 6.04 Å². The molecule has 5 nitrogen and oxygen atoms in total. The first kappa shape index (κ1) is 19.7. The molecule has 2 atom stereocenters. The molecule has 2 amide bonds. The van der Waals surface area contributed by atoms with Crippen molar-refractivity contribution in [2.75, 3.05) is 13.1 Å². The second kappa shape index (κ2) is 8.68. The van der Waals surface area contributed by atoms with Crippen molar-refractivity contribution >= 4 is 23.4 Å². The van der Waals surface area contributed by atoms with Crippen LogP contribution in [0.4, 0.5) is 0 Å². The summed E-state index contributed by atoms with van der Waals surface area (Å²) in [6.07, 6.45) is 1.83. The van der Waals surface area contributed by atoms with Crippen molar-refractivity contribution < 1.29 is 9.59 Å². The van der Waals surface area contributed by atoms with Crippen molar-refractivity contribution in [2.24, 2.45) is 17.6 Å². The van der Waals surface area contributed by atoms with Gasteiger partial charge >= 0.3 is 0 Å². The van der Waals surface area contributed by atoms with Gasteiger partial charge in [-0.15, -0.1) is 0 Å². The number of hydrogen-bond acceptors (Lipinski definition) is 3. The second-order valence-corrected chi connectivity index (χ2v) is 7.66. The molecule has 1 aliphatic rings. The molecule has 25 heavy (non-hydrogen) atoms. The highest BCUT2D eigenvalue weighted by atomic mass is 35.5. The molecule has 0 spiro atoms. The normalized spacial score (nSPS) is 18.1. The Morgan fingerprint density at radius 1 is 1.16 bits per heavy atom. The number of amides is 2. The van der Waals surface area contributed by atoms with E-state index in [9.17, 15) is 9.59 Å². The third kappa shape index (κ3) is 5.19. The summed E-state index contributed by atoms with van der Waals surface area (Å²) in [6, 6.07) is 6.28. The number of likely N-dealkylation sites (tertiary alicyclic amines) is 1. The molecule has 0 aliphatic carbocycles. The first-order valence-electron chi connectivity index (χ1n) is 8.90. The predicted molar refractivity (Wildman–Crippen MR) is 100 cm³/mol. The Balaban J connectivity index is 2.01.